The van der Waals surface area contributed by atoms with E-state index in [0.29, 0.717) is 5.69 Å². The Balaban J connectivity index is 2.81. The molecule has 90 valence electrons. The molecule has 2 N–H and O–H groups in total. The predicted octanol–water partition coefficient (Wildman–Crippen LogP) is 2.64. The Morgan fingerprint density at radius 1 is 1.50 bits per heavy atom. The maximum Gasteiger partial charge on any atom is 0.146 e. The number of nitrogens with zero attached hydrogens (tertiary/aromatic N) is 1. The lowest BCUT2D eigenvalue weighted by molar-refractivity contribution is 0.618. The van der Waals surface area contributed by atoms with E-state index >= 15 is 0 Å². The van der Waals surface area contributed by atoms with Gasteiger partial charge in [-0.25, -0.2) is 4.39 Å². The predicted molar refractivity (Wildman–Crippen MR) is 70.7 cm³/mol. The van der Waals surface area contributed by atoms with Gasteiger partial charge in [0.2, 0.25) is 0 Å². The Labute approximate surface area is 101 Å². The van der Waals surface area contributed by atoms with E-state index < -0.39 is 0 Å². The van der Waals surface area contributed by atoms with Gasteiger partial charge in [-0.1, -0.05) is 6.07 Å². The Morgan fingerprint density at radius 3 is 2.69 bits per heavy atom. The maximum atomic E-state index is 13.8. The molecule has 0 aromatic heterocycles. The van der Waals surface area contributed by atoms with Gasteiger partial charge in [-0.3, -0.25) is 0 Å². The third-order valence-corrected chi connectivity index (χ3v) is 3.13. The van der Waals surface area contributed by atoms with Crippen molar-refractivity contribution in [1.82, 2.24) is 0 Å². The number of anilines is 1. The van der Waals surface area contributed by atoms with Crippen molar-refractivity contribution >= 4 is 17.4 Å². The minimum absolute atomic E-state index is 0.125. The fourth-order valence-corrected chi connectivity index (χ4v) is 1.92. The fraction of sp³-hybridized carbons (Fsp3) is 0.500. The van der Waals surface area contributed by atoms with Crippen molar-refractivity contribution in [2.24, 2.45) is 5.73 Å². The minimum atomic E-state index is -0.196. The van der Waals surface area contributed by atoms with Gasteiger partial charge < -0.3 is 10.6 Å². The van der Waals surface area contributed by atoms with E-state index in [1.165, 1.54) is 6.07 Å². The van der Waals surface area contributed by atoms with E-state index in [0.717, 1.165) is 17.9 Å². The molecule has 0 unspecified atom stereocenters. The van der Waals surface area contributed by atoms with Crippen molar-refractivity contribution in [2.45, 2.75) is 13.0 Å². The third kappa shape index (κ3) is 3.39. The van der Waals surface area contributed by atoms with Crippen LogP contribution in [0.1, 0.15) is 18.5 Å². The summed E-state index contributed by atoms with van der Waals surface area (Å²) in [6, 6.07) is 5.09. The highest BCUT2D eigenvalue weighted by Gasteiger charge is 2.09. The Kier molecular flexibility index (Phi) is 5.09. The van der Waals surface area contributed by atoms with Crippen LogP contribution in [0.5, 0.6) is 0 Å². The van der Waals surface area contributed by atoms with E-state index in [2.05, 4.69) is 0 Å². The molecule has 0 spiro atoms. The number of nitrogens with two attached hydrogens (primary N) is 1. The highest BCUT2D eigenvalue weighted by atomic mass is 32.2. The maximum absolute atomic E-state index is 13.8. The first kappa shape index (κ1) is 13.3. The molecule has 0 bridgehead atoms. The van der Waals surface area contributed by atoms with Gasteiger partial charge in [0.25, 0.3) is 0 Å². The second kappa shape index (κ2) is 6.11. The van der Waals surface area contributed by atoms with Crippen LogP contribution in [0.25, 0.3) is 0 Å². The molecule has 0 radical (unpaired) electrons. The van der Waals surface area contributed by atoms with Crippen LogP contribution >= 0.6 is 11.8 Å². The summed E-state index contributed by atoms with van der Waals surface area (Å²) >= 11 is 1.75. The quantitative estimate of drug-likeness (QED) is 0.860. The van der Waals surface area contributed by atoms with Gasteiger partial charge >= 0.3 is 0 Å². The number of benzene rings is 1. The van der Waals surface area contributed by atoms with E-state index in [9.17, 15) is 4.39 Å². The summed E-state index contributed by atoms with van der Waals surface area (Å²) in [5.74, 6) is 0.795. The summed E-state index contributed by atoms with van der Waals surface area (Å²) in [6.45, 7) is 2.70. The number of hydrogen-bond donors (Lipinski definition) is 1. The second-order valence-electron chi connectivity index (χ2n) is 3.91. The zero-order valence-electron chi connectivity index (χ0n) is 10.0. The van der Waals surface area contributed by atoms with Crippen LogP contribution in [-0.2, 0) is 0 Å². The number of halogens is 1. The lowest BCUT2D eigenvalue weighted by Gasteiger charge is -2.20. The van der Waals surface area contributed by atoms with Gasteiger partial charge in [0.05, 0.1) is 5.69 Å². The molecule has 4 heteroatoms. The number of hydrogen-bond acceptors (Lipinski definition) is 3. The summed E-state index contributed by atoms with van der Waals surface area (Å²) in [6.07, 6.45) is 2.05. The van der Waals surface area contributed by atoms with E-state index in [1.54, 1.807) is 17.8 Å². The van der Waals surface area contributed by atoms with Crippen molar-refractivity contribution in [1.29, 1.82) is 0 Å². The Bertz CT molecular complexity index is 342. The topological polar surface area (TPSA) is 29.3 Å². The highest BCUT2D eigenvalue weighted by Crippen LogP contribution is 2.21. The monoisotopic (exact) mass is 242 g/mol. The van der Waals surface area contributed by atoms with Gasteiger partial charge in [0.1, 0.15) is 5.82 Å². The SMILES string of the molecule is CSCCN(C)c1ccc([C@@H](C)N)cc1F. The first-order valence-electron chi connectivity index (χ1n) is 5.31. The minimum Gasteiger partial charge on any atom is -0.371 e. The summed E-state index contributed by atoms with van der Waals surface area (Å²) in [7, 11) is 1.90. The highest BCUT2D eigenvalue weighted by molar-refractivity contribution is 7.98. The lowest BCUT2D eigenvalue weighted by atomic mass is 10.1. The second-order valence-corrected chi connectivity index (χ2v) is 4.90. The summed E-state index contributed by atoms with van der Waals surface area (Å²) < 4.78 is 13.8. The standard InChI is InChI=1S/C12H19FN2S/c1-9(14)10-4-5-12(11(13)8-10)15(2)6-7-16-3/h4-5,8-9H,6-7,14H2,1-3H3/t9-/m1/s1. The molecule has 1 aromatic rings. The van der Waals surface area contributed by atoms with Crippen molar-refractivity contribution in [3.05, 3.63) is 29.6 Å². The average molecular weight is 242 g/mol. The van der Waals surface area contributed by atoms with Crippen LogP contribution < -0.4 is 10.6 Å². The molecule has 0 saturated heterocycles. The molecule has 0 aliphatic heterocycles. The summed E-state index contributed by atoms with van der Waals surface area (Å²) in [4.78, 5) is 1.93. The zero-order chi connectivity index (χ0) is 12.1. The fourth-order valence-electron chi connectivity index (χ4n) is 1.46. The average Bonchev–Trinajstić information content (AvgIpc) is 2.25. The molecule has 0 aliphatic rings. The molecule has 16 heavy (non-hydrogen) atoms. The molecule has 1 atom stereocenters. The van der Waals surface area contributed by atoms with Crippen molar-refractivity contribution in [3.63, 3.8) is 0 Å². The number of rotatable bonds is 5. The van der Waals surface area contributed by atoms with Gasteiger partial charge in [-0.05, 0) is 30.9 Å². The van der Waals surface area contributed by atoms with E-state index in [-0.39, 0.29) is 11.9 Å². The summed E-state index contributed by atoms with van der Waals surface area (Å²) in [5.41, 5.74) is 7.18. The summed E-state index contributed by atoms with van der Waals surface area (Å²) in [5, 5.41) is 0. The van der Waals surface area contributed by atoms with Crippen molar-refractivity contribution in [3.8, 4) is 0 Å². The van der Waals surface area contributed by atoms with Crippen molar-refractivity contribution < 1.29 is 4.39 Å². The Morgan fingerprint density at radius 2 is 2.19 bits per heavy atom. The van der Waals surface area contributed by atoms with Crippen molar-refractivity contribution in [2.75, 3.05) is 30.5 Å². The lowest BCUT2D eigenvalue weighted by Crippen LogP contribution is -2.21. The molecule has 0 aliphatic carbocycles. The largest absolute Gasteiger partial charge is 0.371 e. The molecule has 1 aromatic carbocycles. The van der Waals surface area contributed by atoms with Gasteiger partial charge in [-0.15, -0.1) is 0 Å². The smallest absolute Gasteiger partial charge is 0.146 e. The molecule has 0 heterocycles. The molecule has 0 amide bonds. The Hall–Kier alpha value is -0.740. The van der Waals surface area contributed by atoms with Crippen LogP contribution in [-0.4, -0.2) is 25.6 Å². The molecular formula is C12H19FN2S. The van der Waals surface area contributed by atoms with Crippen LogP contribution in [0.2, 0.25) is 0 Å². The first-order chi connectivity index (χ1) is 7.56. The van der Waals surface area contributed by atoms with Gasteiger partial charge in [-0.2, -0.15) is 11.8 Å². The number of thioether (sulfide) groups is 1. The zero-order valence-corrected chi connectivity index (χ0v) is 10.9. The molecule has 0 fully saturated rings. The van der Waals surface area contributed by atoms with Crippen LogP contribution in [0.15, 0.2) is 18.2 Å². The molecular weight excluding hydrogens is 223 g/mol. The third-order valence-electron chi connectivity index (χ3n) is 2.54. The molecule has 1 rings (SSSR count). The van der Waals surface area contributed by atoms with E-state index in [4.69, 9.17) is 5.73 Å². The first-order valence-corrected chi connectivity index (χ1v) is 6.70. The van der Waals surface area contributed by atoms with E-state index in [1.807, 2.05) is 31.2 Å². The van der Waals surface area contributed by atoms with Crippen LogP contribution in [0.4, 0.5) is 10.1 Å². The normalized spacial score (nSPS) is 12.6. The van der Waals surface area contributed by atoms with Gasteiger partial charge in [0, 0.05) is 25.4 Å². The molecule has 0 saturated carbocycles. The van der Waals surface area contributed by atoms with Crippen LogP contribution in [0, 0.1) is 5.82 Å². The molecule has 2 nitrogen and oxygen atoms in total. The van der Waals surface area contributed by atoms with Gasteiger partial charge in [0.15, 0.2) is 0 Å². The van der Waals surface area contributed by atoms with Crippen LogP contribution in [0.3, 0.4) is 0 Å².